The highest BCUT2D eigenvalue weighted by Crippen LogP contribution is 2.41. The van der Waals surface area contributed by atoms with Gasteiger partial charge in [0, 0.05) is 9.90 Å². The zero-order valence-corrected chi connectivity index (χ0v) is 19.5. The topological polar surface area (TPSA) is 74.8 Å². The molecule has 1 atom stereocenters. The second-order valence-electron chi connectivity index (χ2n) is 8.33. The molecule has 1 fully saturated rings. The zero-order chi connectivity index (χ0) is 21.4. The Hall–Kier alpha value is -1.83. The number of carbonyl (C=O) groups excluding carboxylic acids is 1. The summed E-state index contributed by atoms with van der Waals surface area (Å²) in [6, 6.07) is 7.76. The summed E-state index contributed by atoms with van der Waals surface area (Å²) < 4.78 is 0. The number of rotatable bonds is 7. The van der Waals surface area contributed by atoms with E-state index in [1.807, 2.05) is 24.3 Å². The molecular weight excluding hydrogens is 450 g/mol. The Morgan fingerprint density at radius 2 is 2.03 bits per heavy atom. The van der Waals surface area contributed by atoms with Crippen LogP contribution in [0.3, 0.4) is 0 Å². The SMILES string of the molecule is O=C(CSCc1nc2sc3c(c2c(=O)[nH]1)CCCC3)NC(c1ccc(Cl)cc1)C1CC1. The number of aromatic nitrogens is 2. The van der Waals surface area contributed by atoms with Gasteiger partial charge in [-0.25, -0.2) is 4.98 Å². The molecule has 2 N–H and O–H groups in total. The van der Waals surface area contributed by atoms with Crippen LogP contribution in [0.25, 0.3) is 10.2 Å². The number of hydrogen-bond donors (Lipinski definition) is 2. The van der Waals surface area contributed by atoms with Gasteiger partial charge in [-0.3, -0.25) is 9.59 Å². The molecule has 162 valence electrons. The lowest BCUT2D eigenvalue weighted by Crippen LogP contribution is -2.31. The Bertz CT molecular complexity index is 1170. The minimum absolute atomic E-state index is 0.00635. The molecule has 5 nitrogen and oxygen atoms in total. The molecular formula is C23H24ClN3O2S2. The summed E-state index contributed by atoms with van der Waals surface area (Å²) in [4.78, 5) is 35.0. The van der Waals surface area contributed by atoms with E-state index in [9.17, 15) is 9.59 Å². The van der Waals surface area contributed by atoms with E-state index in [0.29, 0.717) is 28.3 Å². The fourth-order valence-electron chi connectivity index (χ4n) is 4.31. The van der Waals surface area contributed by atoms with E-state index >= 15 is 0 Å². The average Bonchev–Trinajstić information content (AvgIpc) is 3.52. The molecule has 1 saturated carbocycles. The molecule has 5 rings (SSSR count). The van der Waals surface area contributed by atoms with Crippen LogP contribution < -0.4 is 10.9 Å². The number of thiophene rings is 1. The molecule has 2 aliphatic rings. The average molecular weight is 474 g/mol. The molecule has 2 heterocycles. The van der Waals surface area contributed by atoms with Gasteiger partial charge >= 0.3 is 0 Å². The van der Waals surface area contributed by atoms with Gasteiger partial charge in [-0.05, 0) is 67.7 Å². The second-order valence-corrected chi connectivity index (χ2v) is 10.8. The Morgan fingerprint density at radius 1 is 1.26 bits per heavy atom. The van der Waals surface area contributed by atoms with Crippen LogP contribution in [0, 0.1) is 5.92 Å². The Kier molecular flexibility index (Phi) is 6.08. The van der Waals surface area contributed by atoms with Crippen molar-refractivity contribution in [1.82, 2.24) is 15.3 Å². The van der Waals surface area contributed by atoms with Crippen LogP contribution >= 0.6 is 34.7 Å². The van der Waals surface area contributed by atoms with Crippen molar-refractivity contribution >= 4 is 50.8 Å². The number of fused-ring (bicyclic) bond motifs is 3. The first-order chi connectivity index (χ1) is 15.1. The highest BCUT2D eigenvalue weighted by molar-refractivity contribution is 7.99. The first-order valence-corrected chi connectivity index (χ1v) is 13.1. The number of nitrogens with one attached hydrogen (secondary N) is 2. The predicted molar refractivity (Wildman–Crippen MR) is 128 cm³/mol. The number of carbonyl (C=O) groups is 1. The molecule has 0 radical (unpaired) electrons. The number of hydrogen-bond acceptors (Lipinski definition) is 5. The minimum Gasteiger partial charge on any atom is -0.348 e. The maximum atomic E-state index is 12.7. The molecule has 0 bridgehead atoms. The highest BCUT2D eigenvalue weighted by Gasteiger charge is 2.33. The van der Waals surface area contributed by atoms with E-state index in [4.69, 9.17) is 16.6 Å². The molecule has 1 amide bonds. The number of halogens is 1. The van der Waals surface area contributed by atoms with Crippen LogP contribution in [-0.4, -0.2) is 21.6 Å². The smallest absolute Gasteiger partial charge is 0.259 e. The summed E-state index contributed by atoms with van der Waals surface area (Å²) >= 11 is 9.13. The third-order valence-corrected chi connectivity index (χ3v) is 8.37. The van der Waals surface area contributed by atoms with E-state index in [1.54, 1.807) is 11.3 Å². The monoisotopic (exact) mass is 473 g/mol. The molecule has 3 aromatic rings. The van der Waals surface area contributed by atoms with E-state index < -0.39 is 0 Å². The van der Waals surface area contributed by atoms with Crippen LogP contribution in [-0.2, 0) is 23.4 Å². The number of benzene rings is 1. The lowest BCUT2D eigenvalue weighted by Gasteiger charge is -2.19. The third-order valence-electron chi connectivity index (χ3n) is 5.99. The summed E-state index contributed by atoms with van der Waals surface area (Å²) in [5.74, 6) is 1.99. The largest absolute Gasteiger partial charge is 0.348 e. The quantitative estimate of drug-likeness (QED) is 0.505. The number of nitrogens with zero attached hydrogens (tertiary/aromatic N) is 1. The Morgan fingerprint density at radius 3 is 2.81 bits per heavy atom. The molecule has 1 unspecified atom stereocenters. The molecule has 0 saturated heterocycles. The van der Waals surface area contributed by atoms with Gasteiger partial charge in [0.2, 0.25) is 5.91 Å². The predicted octanol–water partition coefficient (Wildman–Crippen LogP) is 5.02. The van der Waals surface area contributed by atoms with Crippen molar-refractivity contribution < 1.29 is 4.79 Å². The van der Waals surface area contributed by atoms with Crippen molar-refractivity contribution in [3.8, 4) is 0 Å². The van der Waals surface area contributed by atoms with E-state index in [-0.39, 0.29) is 17.5 Å². The first kappa shape index (κ1) is 21.0. The van der Waals surface area contributed by atoms with Crippen LogP contribution in [0.5, 0.6) is 0 Å². The van der Waals surface area contributed by atoms with Gasteiger partial charge in [0.15, 0.2) is 0 Å². The number of thioether (sulfide) groups is 1. The number of aromatic amines is 1. The highest BCUT2D eigenvalue weighted by atomic mass is 35.5. The first-order valence-electron chi connectivity index (χ1n) is 10.7. The molecule has 8 heteroatoms. The van der Waals surface area contributed by atoms with Gasteiger partial charge in [0.25, 0.3) is 5.56 Å². The van der Waals surface area contributed by atoms with Gasteiger partial charge in [-0.1, -0.05) is 23.7 Å². The van der Waals surface area contributed by atoms with Crippen molar-refractivity contribution in [2.75, 3.05) is 5.75 Å². The fraction of sp³-hybridized carbons (Fsp3) is 0.435. The van der Waals surface area contributed by atoms with Gasteiger partial charge in [0.1, 0.15) is 10.7 Å². The fourth-order valence-corrected chi connectivity index (χ4v) is 6.41. The van der Waals surface area contributed by atoms with Gasteiger partial charge in [-0.15, -0.1) is 23.1 Å². The maximum absolute atomic E-state index is 12.7. The second kappa shape index (κ2) is 8.96. The van der Waals surface area contributed by atoms with Crippen molar-refractivity contribution in [3.63, 3.8) is 0 Å². The molecule has 0 aliphatic heterocycles. The molecule has 1 aromatic carbocycles. The summed E-state index contributed by atoms with van der Waals surface area (Å²) in [5.41, 5.74) is 2.26. The summed E-state index contributed by atoms with van der Waals surface area (Å²) in [5, 5.41) is 4.66. The zero-order valence-electron chi connectivity index (χ0n) is 17.1. The number of amides is 1. The summed E-state index contributed by atoms with van der Waals surface area (Å²) in [6.45, 7) is 0. The Labute approximate surface area is 194 Å². The van der Waals surface area contributed by atoms with Gasteiger partial charge < -0.3 is 10.3 Å². The number of aryl methyl sites for hydroxylation is 2. The van der Waals surface area contributed by atoms with Crippen LogP contribution in [0.1, 0.15) is 53.6 Å². The van der Waals surface area contributed by atoms with Gasteiger partial charge in [-0.2, -0.15) is 0 Å². The summed E-state index contributed by atoms with van der Waals surface area (Å²) in [6.07, 6.45) is 6.63. The van der Waals surface area contributed by atoms with Crippen LogP contribution in [0.2, 0.25) is 5.02 Å². The van der Waals surface area contributed by atoms with Crippen molar-refractivity contribution in [2.24, 2.45) is 5.92 Å². The van der Waals surface area contributed by atoms with Crippen LogP contribution in [0.4, 0.5) is 0 Å². The van der Waals surface area contributed by atoms with E-state index in [0.717, 1.165) is 47.9 Å². The van der Waals surface area contributed by atoms with Crippen molar-refractivity contribution in [2.45, 2.75) is 50.3 Å². The molecule has 0 spiro atoms. The standard InChI is InChI=1S/C23H24ClN3O2S2/c24-15-9-7-14(8-10-15)21(13-5-6-13)27-19(28)12-30-11-18-25-22(29)20-16-3-1-2-4-17(16)31-23(20)26-18/h7-10,13,21H,1-6,11-12H2,(H,27,28)(H,25,26,29). The molecule has 2 aliphatic carbocycles. The van der Waals surface area contributed by atoms with Gasteiger partial charge in [0.05, 0.1) is 22.9 Å². The molecule has 2 aromatic heterocycles. The van der Waals surface area contributed by atoms with Crippen molar-refractivity contribution in [3.05, 3.63) is 61.5 Å². The third kappa shape index (κ3) is 4.69. The van der Waals surface area contributed by atoms with Crippen LogP contribution in [0.15, 0.2) is 29.1 Å². The maximum Gasteiger partial charge on any atom is 0.259 e. The number of H-pyrrole nitrogens is 1. The molecule has 31 heavy (non-hydrogen) atoms. The minimum atomic E-state index is -0.0408. The van der Waals surface area contributed by atoms with Crippen molar-refractivity contribution in [1.29, 1.82) is 0 Å². The normalized spacial score (nSPS) is 16.8. The van der Waals surface area contributed by atoms with E-state index in [2.05, 4.69) is 10.3 Å². The Balaban J connectivity index is 1.21. The van der Waals surface area contributed by atoms with E-state index in [1.165, 1.54) is 28.6 Å². The summed E-state index contributed by atoms with van der Waals surface area (Å²) in [7, 11) is 0. The lowest BCUT2D eigenvalue weighted by molar-refractivity contribution is -0.119. The lowest BCUT2D eigenvalue weighted by atomic mass is 9.97.